The molecule has 1 unspecified atom stereocenters. The van der Waals surface area contributed by atoms with Gasteiger partial charge in [-0.2, -0.15) is 4.98 Å². The third kappa shape index (κ3) is 2.58. The molecule has 2 aromatic heterocycles. The van der Waals surface area contributed by atoms with Crippen molar-refractivity contribution >= 4 is 11.8 Å². The van der Waals surface area contributed by atoms with E-state index in [0.29, 0.717) is 5.95 Å². The summed E-state index contributed by atoms with van der Waals surface area (Å²) < 4.78 is 19.0. The molecule has 2 N–H and O–H groups in total. The molecule has 0 aromatic carbocycles. The van der Waals surface area contributed by atoms with Crippen molar-refractivity contribution in [3.63, 3.8) is 0 Å². The van der Waals surface area contributed by atoms with Crippen LogP contribution in [0.1, 0.15) is 24.5 Å². The number of hydrogen-bond acceptors (Lipinski definition) is 5. The summed E-state index contributed by atoms with van der Waals surface area (Å²) in [5.74, 6) is 1.57. The van der Waals surface area contributed by atoms with Gasteiger partial charge in [-0.05, 0) is 26.0 Å². The summed E-state index contributed by atoms with van der Waals surface area (Å²) in [6, 6.07) is 3.54. The summed E-state index contributed by atoms with van der Waals surface area (Å²) in [7, 11) is 1.68. The van der Waals surface area contributed by atoms with E-state index in [-0.39, 0.29) is 11.9 Å². The van der Waals surface area contributed by atoms with Crippen LogP contribution in [0.25, 0.3) is 0 Å². The number of anilines is 2. The SMILES string of the molecule is CNc1ncc(F)c(NC(C)c2ccc(C)o2)n1. The van der Waals surface area contributed by atoms with Gasteiger partial charge in [-0.3, -0.25) is 0 Å². The van der Waals surface area contributed by atoms with Crippen LogP contribution in [0, 0.1) is 12.7 Å². The molecule has 0 aliphatic heterocycles. The molecule has 0 fully saturated rings. The lowest BCUT2D eigenvalue weighted by molar-refractivity contribution is 0.465. The minimum Gasteiger partial charge on any atom is -0.464 e. The molecule has 2 heterocycles. The Morgan fingerprint density at radius 1 is 1.39 bits per heavy atom. The highest BCUT2D eigenvalue weighted by Gasteiger charge is 2.13. The summed E-state index contributed by atoms with van der Waals surface area (Å²) in [6.07, 6.45) is 1.13. The van der Waals surface area contributed by atoms with Crippen LogP contribution in [0.15, 0.2) is 22.7 Å². The molecule has 2 aromatic rings. The van der Waals surface area contributed by atoms with Crippen LogP contribution in [0.2, 0.25) is 0 Å². The van der Waals surface area contributed by atoms with Gasteiger partial charge in [0.25, 0.3) is 0 Å². The fourth-order valence-corrected chi connectivity index (χ4v) is 1.55. The van der Waals surface area contributed by atoms with E-state index in [1.807, 2.05) is 26.0 Å². The second-order valence-electron chi connectivity index (χ2n) is 3.95. The summed E-state index contributed by atoms with van der Waals surface area (Å²) in [4.78, 5) is 7.79. The molecule has 0 radical (unpaired) electrons. The number of nitrogens with one attached hydrogen (secondary N) is 2. The molecule has 0 saturated heterocycles. The molecule has 18 heavy (non-hydrogen) atoms. The summed E-state index contributed by atoms with van der Waals surface area (Å²) >= 11 is 0. The topological polar surface area (TPSA) is 63.0 Å². The average molecular weight is 250 g/mol. The van der Waals surface area contributed by atoms with Crippen LogP contribution in [-0.4, -0.2) is 17.0 Å². The molecular weight excluding hydrogens is 235 g/mol. The van der Waals surface area contributed by atoms with Gasteiger partial charge in [-0.15, -0.1) is 0 Å². The Morgan fingerprint density at radius 3 is 2.78 bits per heavy atom. The van der Waals surface area contributed by atoms with Gasteiger partial charge in [-0.25, -0.2) is 9.37 Å². The highest BCUT2D eigenvalue weighted by Crippen LogP contribution is 2.21. The van der Waals surface area contributed by atoms with Gasteiger partial charge >= 0.3 is 0 Å². The number of aryl methyl sites for hydroxylation is 1. The fraction of sp³-hybridized carbons (Fsp3) is 0.333. The van der Waals surface area contributed by atoms with Gasteiger partial charge in [-0.1, -0.05) is 0 Å². The van der Waals surface area contributed by atoms with Gasteiger partial charge < -0.3 is 15.1 Å². The van der Waals surface area contributed by atoms with E-state index in [1.165, 1.54) is 0 Å². The second-order valence-corrected chi connectivity index (χ2v) is 3.95. The van der Waals surface area contributed by atoms with Gasteiger partial charge in [0, 0.05) is 7.05 Å². The van der Waals surface area contributed by atoms with Crippen LogP contribution in [0.4, 0.5) is 16.2 Å². The predicted octanol–water partition coefficient (Wildman–Crippen LogP) is 2.73. The lowest BCUT2D eigenvalue weighted by Gasteiger charge is -2.13. The lowest BCUT2D eigenvalue weighted by atomic mass is 10.2. The van der Waals surface area contributed by atoms with Gasteiger partial charge in [0.15, 0.2) is 11.6 Å². The van der Waals surface area contributed by atoms with Crippen LogP contribution < -0.4 is 10.6 Å². The molecule has 0 saturated carbocycles. The molecule has 1 atom stereocenters. The van der Waals surface area contributed by atoms with E-state index in [2.05, 4.69) is 20.6 Å². The van der Waals surface area contributed by atoms with Crippen LogP contribution in [0.5, 0.6) is 0 Å². The lowest BCUT2D eigenvalue weighted by Crippen LogP contribution is -2.10. The molecule has 0 aliphatic rings. The average Bonchev–Trinajstić information content (AvgIpc) is 2.79. The Labute approximate surface area is 104 Å². The highest BCUT2D eigenvalue weighted by molar-refractivity contribution is 5.42. The van der Waals surface area contributed by atoms with Crippen molar-refractivity contribution in [2.45, 2.75) is 19.9 Å². The highest BCUT2D eigenvalue weighted by atomic mass is 19.1. The molecule has 2 rings (SSSR count). The Kier molecular flexibility index (Phi) is 3.45. The van der Waals surface area contributed by atoms with E-state index in [1.54, 1.807) is 7.05 Å². The van der Waals surface area contributed by atoms with Gasteiger partial charge in [0.05, 0.1) is 12.2 Å². The summed E-state index contributed by atoms with van der Waals surface area (Å²) in [5.41, 5.74) is 0. The maximum Gasteiger partial charge on any atom is 0.224 e. The van der Waals surface area contributed by atoms with E-state index in [9.17, 15) is 4.39 Å². The van der Waals surface area contributed by atoms with Crippen molar-refractivity contribution in [1.82, 2.24) is 9.97 Å². The summed E-state index contributed by atoms with van der Waals surface area (Å²) in [6.45, 7) is 3.74. The molecule has 5 nitrogen and oxygen atoms in total. The van der Waals surface area contributed by atoms with Crippen molar-refractivity contribution in [1.29, 1.82) is 0 Å². The Balaban J connectivity index is 2.18. The van der Waals surface area contributed by atoms with Crippen molar-refractivity contribution in [3.05, 3.63) is 35.7 Å². The first-order chi connectivity index (χ1) is 8.60. The van der Waals surface area contributed by atoms with E-state index >= 15 is 0 Å². The van der Waals surface area contributed by atoms with Crippen LogP contribution in [0.3, 0.4) is 0 Å². The zero-order valence-corrected chi connectivity index (χ0v) is 10.5. The molecule has 0 bridgehead atoms. The third-order valence-electron chi connectivity index (χ3n) is 2.51. The van der Waals surface area contributed by atoms with Gasteiger partial charge in [0.1, 0.15) is 11.5 Å². The number of nitrogens with zero attached hydrogens (tertiary/aromatic N) is 2. The van der Waals surface area contributed by atoms with Crippen LogP contribution >= 0.6 is 0 Å². The first-order valence-corrected chi connectivity index (χ1v) is 5.63. The first-order valence-electron chi connectivity index (χ1n) is 5.63. The number of aromatic nitrogens is 2. The largest absolute Gasteiger partial charge is 0.464 e. The molecule has 6 heteroatoms. The zero-order chi connectivity index (χ0) is 13.1. The van der Waals surface area contributed by atoms with Crippen molar-refractivity contribution < 1.29 is 8.81 Å². The minimum atomic E-state index is -0.496. The Hall–Kier alpha value is -2.11. The molecule has 0 aliphatic carbocycles. The molecule has 0 amide bonds. The quantitative estimate of drug-likeness (QED) is 0.873. The first kappa shape index (κ1) is 12.3. The smallest absolute Gasteiger partial charge is 0.224 e. The van der Waals surface area contributed by atoms with Crippen LogP contribution in [-0.2, 0) is 0 Å². The van der Waals surface area contributed by atoms with E-state index < -0.39 is 5.82 Å². The normalized spacial score (nSPS) is 12.2. The molecular formula is C12H15FN4O. The second kappa shape index (κ2) is 5.03. The molecule has 96 valence electrons. The standard InChI is InChI=1S/C12H15FN4O/c1-7-4-5-10(18-7)8(2)16-11-9(13)6-15-12(14-3)17-11/h4-6,8H,1-3H3,(H2,14,15,16,17). The van der Waals surface area contributed by atoms with Crippen molar-refractivity contribution in [2.24, 2.45) is 0 Å². The fourth-order valence-electron chi connectivity index (χ4n) is 1.55. The Bertz CT molecular complexity index is 541. The number of halogens is 1. The number of hydrogen-bond donors (Lipinski definition) is 2. The monoisotopic (exact) mass is 250 g/mol. The molecule has 0 spiro atoms. The zero-order valence-electron chi connectivity index (χ0n) is 10.5. The summed E-state index contributed by atoms with van der Waals surface area (Å²) in [5, 5.41) is 5.71. The maximum absolute atomic E-state index is 13.5. The van der Waals surface area contributed by atoms with E-state index in [0.717, 1.165) is 17.7 Å². The Morgan fingerprint density at radius 2 is 2.17 bits per heavy atom. The van der Waals surface area contributed by atoms with Crippen molar-refractivity contribution in [3.8, 4) is 0 Å². The number of rotatable bonds is 4. The number of furan rings is 1. The van der Waals surface area contributed by atoms with Crippen molar-refractivity contribution in [2.75, 3.05) is 17.7 Å². The third-order valence-corrected chi connectivity index (χ3v) is 2.51. The predicted molar refractivity (Wildman–Crippen MR) is 67.0 cm³/mol. The van der Waals surface area contributed by atoms with Gasteiger partial charge in [0.2, 0.25) is 5.95 Å². The van der Waals surface area contributed by atoms with E-state index in [4.69, 9.17) is 4.42 Å². The minimum absolute atomic E-state index is 0.149. The maximum atomic E-state index is 13.5.